The van der Waals surface area contributed by atoms with Crippen LogP contribution in [0.3, 0.4) is 0 Å². The third-order valence-electron chi connectivity index (χ3n) is 2.12. The van der Waals surface area contributed by atoms with E-state index in [1.54, 1.807) is 0 Å². The van der Waals surface area contributed by atoms with Gasteiger partial charge in [-0.1, -0.05) is 11.6 Å². The predicted molar refractivity (Wildman–Crippen MR) is 53.3 cm³/mol. The number of rotatable bonds is 2. The van der Waals surface area contributed by atoms with E-state index in [0.717, 1.165) is 4.57 Å². The van der Waals surface area contributed by atoms with Crippen LogP contribution in [0.5, 0.6) is 0 Å². The first-order chi connectivity index (χ1) is 7.61. The van der Waals surface area contributed by atoms with Gasteiger partial charge in [0, 0.05) is 6.20 Å². The largest absolute Gasteiger partial charge is 0.391 e. The Hall–Kier alpha value is -1.15. The molecule has 0 amide bonds. The lowest BCUT2D eigenvalue weighted by molar-refractivity contribution is -0.0992. The molecule has 0 spiro atoms. The molecule has 2 atom stereocenters. The normalized spacial score (nSPS) is 24.9. The van der Waals surface area contributed by atoms with Crippen molar-refractivity contribution in [2.24, 2.45) is 0 Å². The van der Waals surface area contributed by atoms with Gasteiger partial charge in [0.15, 0.2) is 12.5 Å². The van der Waals surface area contributed by atoms with E-state index in [1.165, 1.54) is 6.20 Å². The number of aromatic nitrogens is 2. The van der Waals surface area contributed by atoms with Crippen molar-refractivity contribution in [2.75, 3.05) is 13.2 Å². The number of aliphatic hydroxyl groups excluding tert-OH is 1. The first-order valence-corrected chi connectivity index (χ1v) is 4.88. The van der Waals surface area contributed by atoms with Gasteiger partial charge in [0.25, 0.3) is 5.56 Å². The Morgan fingerprint density at radius 3 is 3.00 bits per heavy atom. The smallest absolute Gasteiger partial charge is 0.330 e. The van der Waals surface area contributed by atoms with Crippen LogP contribution in [0, 0.1) is 0 Å². The zero-order chi connectivity index (χ0) is 11.7. The second kappa shape index (κ2) is 4.38. The van der Waals surface area contributed by atoms with Crippen molar-refractivity contribution in [2.45, 2.75) is 12.5 Å². The lowest BCUT2D eigenvalue weighted by Gasteiger charge is -2.12. The summed E-state index contributed by atoms with van der Waals surface area (Å²) in [5, 5.41) is 8.66. The van der Waals surface area contributed by atoms with Gasteiger partial charge in [-0.2, -0.15) is 0 Å². The number of nitrogens with one attached hydrogen (secondary N) is 1. The topological polar surface area (TPSA) is 93.6 Å². The van der Waals surface area contributed by atoms with Gasteiger partial charge in [-0.15, -0.1) is 0 Å². The molecular weight excluding hydrogens is 240 g/mol. The zero-order valence-corrected chi connectivity index (χ0v) is 8.81. The number of aromatic amines is 1. The number of ether oxygens (including phenoxy) is 2. The highest BCUT2D eigenvalue weighted by atomic mass is 35.5. The van der Waals surface area contributed by atoms with E-state index in [2.05, 4.69) is 0 Å². The lowest BCUT2D eigenvalue weighted by Crippen LogP contribution is -2.33. The summed E-state index contributed by atoms with van der Waals surface area (Å²) in [4.78, 5) is 24.5. The minimum absolute atomic E-state index is 0.105. The molecule has 1 aliphatic heterocycles. The van der Waals surface area contributed by atoms with Gasteiger partial charge in [-0.25, -0.2) is 4.79 Å². The van der Waals surface area contributed by atoms with Crippen LogP contribution in [0.25, 0.3) is 0 Å². The summed E-state index contributed by atoms with van der Waals surface area (Å²) in [6, 6.07) is 0. The van der Waals surface area contributed by atoms with E-state index in [-0.39, 0.29) is 18.2 Å². The number of hydrogen-bond acceptors (Lipinski definition) is 5. The highest BCUT2D eigenvalue weighted by Crippen LogP contribution is 2.19. The Kier molecular flexibility index (Phi) is 3.10. The van der Waals surface area contributed by atoms with Crippen LogP contribution in [-0.4, -0.2) is 34.2 Å². The first kappa shape index (κ1) is 11.3. The number of nitrogens with zero attached hydrogens (tertiary/aromatic N) is 1. The molecule has 0 radical (unpaired) electrons. The maximum Gasteiger partial charge on any atom is 0.330 e. The molecule has 88 valence electrons. The first-order valence-electron chi connectivity index (χ1n) is 4.50. The fraction of sp³-hybridized carbons (Fsp3) is 0.500. The number of hydrogen-bond donors (Lipinski definition) is 2. The SMILES string of the molecule is O=c1[nH]c(=O)n(C2CO[C@@H](CO)O2)cc1Cl. The molecule has 2 rings (SSSR count). The van der Waals surface area contributed by atoms with E-state index in [1.807, 2.05) is 4.98 Å². The highest BCUT2D eigenvalue weighted by molar-refractivity contribution is 6.30. The van der Waals surface area contributed by atoms with Crippen molar-refractivity contribution in [3.8, 4) is 0 Å². The van der Waals surface area contributed by atoms with Crippen LogP contribution in [0.2, 0.25) is 5.02 Å². The molecule has 16 heavy (non-hydrogen) atoms. The summed E-state index contributed by atoms with van der Waals surface area (Å²) in [6.45, 7) is -0.199. The van der Waals surface area contributed by atoms with Gasteiger partial charge in [-0.05, 0) is 0 Å². The molecular formula is C8H9ClN2O5. The molecule has 0 bridgehead atoms. The van der Waals surface area contributed by atoms with Crippen molar-refractivity contribution in [3.63, 3.8) is 0 Å². The maximum atomic E-state index is 11.4. The highest BCUT2D eigenvalue weighted by Gasteiger charge is 2.27. The van der Waals surface area contributed by atoms with E-state index in [9.17, 15) is 9.59 Å². The van der Waals surface area contributed by atoms with Crippen molar-refractivity contribution in [1.82, 2.24) is 9.55 Å². The summed E-state index contributed by atoms with van der Waals surface area (Å²) in [5.41, 5.74) is -1.29. The fourth-order valence-electron chi connectivity index (χ4n) is 1.36. The molecule has 1 aromatic rings. The Balaban J connectivity index is 2.32. The average Bonchev–Trinajstić information content (AvgIpc) is 2.71. The van der Waals surface area contributed by atoms with Crippen LogP contribution < -0.4 is 11.2 Å². The minimum Gasteiger partial charge on any atom is -0.391 e. The Morgan fingerprint density at radius 2 is 2.38 bits per heavy atom. The summed E-state index contributed by atoms with van der Waals surface area (Å²) in [6.07, 6.45) is -0.280. The van der Waals surface area contributed by atoms with Crippen molar-refractivity contribution >= 4 is 11.6 Å². The van der Waals surface area contributed by atoms with Crippen molar-refractivity contribution < 1.29 is 14.6 Å². The van der Waals surface area contributed by atoms with Gasteiger partial charge < -0.3 is 14.6 Å². The molecule has 0 saturated carbocycles. The van der Waals surface area contributed by atoms with Gasteiger partial charge in [0.05, 0.1) is 13.2 Å². The molecule has 0 aliphatic carbocycles. The number of halogens is 1. The van der Waals surface area contributed by atoms with E-state index >= 15 is 0 Å². The Morgan fingerprint density at radius 1 is 1.62 bits per heavy atom. The monoisotopic (exact) mass is 248 g/mol. The number of aliphatic hydroxyl groups is 1. The second-order valence-electron chi connectivity index (χ2n) is 3.18. The van der Waals surface area contributed by atoms with Gasteiger partial charge in [0.2, 0.25) is 0 Å². The summed E-state index contributed by atoms with van der Waals surface area (Å²) >= 11 is 5.59. The van der Waals surface area contributed by atoms with Crippen LogP contribution in [0.1, 0.15) is 6.23 Å². The molecule has 2 heterocycles. The second-order valence-corrected chi connectivity index (χ2v) is 3.59. The molecule has 1 fully saturated rings. The van der Waals surface area contributed by atoms with Crippen LogP contribution in [0.15, 0.2) is 15.8 Å². The van der Waals surface area contributed by atoms with Crippen molar-refractivity contribution in [3.05, 3.63) is 32.1 Å². The Bertz CT molecular complexity index is 496. The third kappa shape index (κ3) is 2.03. The van der Waals surface area contributed by atoms with Crippen LogP contribution >= 0.6 is 11.6 Å². The molecule has 1 unspecified atom stereocenters. The standard InChI is InChI=1S/C8H9ClN2O5/c9-4-1-11(8(14)10-7(4)13)5-3-15-6(2-12)16-5/h1,5-6,12H,2-3H2,(H,10,13,14)/t5?,6-/m1/s1. The Labute approximate surface area is 94.2 Å². The summed E-state index contributed by atoms with van der Waals surface area (Å²) in [5.74, 6) is 0. The predicted octanol–water partition coefficient (Wildman–Crippen LogP) is -0.946. The van der Waals surface area contributed by atoms with Gasteiger partial charge >= 0.3 is 5.69 Å². The van der Waals surface area contributed by atoms with Crippen LogP contribution in [-0.2, 0) is 9.47 Å². The zero-order valence-electron chi connectivity index (χ0n) is 8.05. The molecule has 0 aromatic carbocycles. The molecule has 1 saturated heterocycles. The van der Waals surface area contributed by atoms with E-state index in [0.29, 0.717) is 0 Å². The summed E-state index contributed by atoms with van der Waals surface area (Å²) < 4.78 is 11.3. The van der Waals surface area contributed by atoms with Gasteiger partial charge in [-0.3, -0.25) is 14.3 Å². The van der Waals surface area contributed by atoms with Crippen molar-refractivity contribution in [1.29, 1.82) is 0 Å². The molecule has 2 N–H and O–H groups in total. The maximum absolute atomic E-state index is 11.4. The molecule has 1 aromatic heterocycles. The quantitative estimate of drug-likeness (QED) is 0.704. The molecule has 8 heteroatoms. The van der Waals surface area contributed by atoms with E-state index < -0.39 is 23.8 Å². The lowest BCUT2D eigenvalue weighted by atomic mass is 10.5. The fourth-order valence-corrected chi connectivity index (χ4v) is 1.51. The van der Waals surface area contributed by atoms with Gasteiger partial charge in [0.1, 0.15) is 5.02 Å². The molecule has 7 nitrogen and oxygen atoms in total. The van der Waals surface area contributed by atoms with E-state index in [4.69, 9.17) is 26.2 Å². The molecule has 1 aliphatic rings. The number of H-pyrrole nitrogens is 1. The third-order valence-corrected chi connectivity index (χ3v) is 2.39. The van der Waals surface area contributed by atoms with Crippen LogP contribution in [0.4, 0.5) is 0 Å². The minimum atomic E-state index is -0.761. The average molecular weight is 249 g/mol. The summed E-state index contributed by atoms with van der Waals surface area (Å²) in [7, 11) is 0.